The van der Waals surface area contributed by atoms with E-state index in [1.54, 1.807) is 6.07 Å². The number of hydrogen-bond donors (Lipinski definition) is 1. The van der Waals surface area contributed by atoms with Gasteiger partial charge in [-0.15, -0.1) is 0 Å². The second-order valence-electron chi connectivity index (χ2n) is 7.32. The van der Waals surface area contributed by atoms with Crippen LogP contribution >= 0.6 is 11.6 Å². The fraction of sp³-hybridized carbons (Fsp3) is 0.632. The molecule has 1 aromatic carbocycles. The summed E-state index contributed by atoms with van der Waals surface area (Å²) >= 11 is 6.28. The number of nitrogens with one attached hydrogen (secondary N) is 1. The summed E-state index contributed by atoms with van der Waals surface area (Å²) < 4.78 is 5.96. The van der Waals surface area contributed by atoms with Crippen molar-refractivity contribution in [3.63, 3.8) is 0 Å². The summed E-state index contributed by atoms with van der Waals surface area (Å²) in [7, 11) is 0. The monoisotopic (exact) mass is 348 g/mol. The quantitative estimate of drug-likeness (QED) is 0.891. The van der Waals surface area contributed by atoms with E-state index in [1.165, 1.54) is 25.9 Å². The predicted molar refractivity (Wildman–Crippen MR) is 94.9 cm³/mol. The molecule has 1 aromatic rings. The van der Waals surface area contributed by atoms with E-state index in [1.807, 2.05) is 6.07 Å². The van der Waals surface area contributed by atoms with Gasteiger partial charge in [-0.05, 0) is 75.2 Å². The third kappa shape index (κ3) is 3.27. The van der Waals surface area contributed by atoms with Crippen molar-refractivity contribution in [1.29, 1.82) is 0 Å². The number of ether oxygens (including phenoxy) is 1. The van der Waals surface area contributed by atoms with Crippen molar-refractivity contribution in [2.24, 2.45) is 5.92 Å². The van der Waals surface area contributed by atoms with Crippen LogP contribution in [-0.2, 0) is 6.42 Å². The Kier molecular flexibility index (Phi) is 4.68. The van der Waals surface area contributed by atoms with Crippen LogP contribution in [0, 0.1) is 5.92 Å². The highest BCUT2D eigenvalue weighted by atomic mass is 35.5. The van der Waals surface area contributed by atoms with E-state index in [4.69, 9.17) is 16.3 Å². The largest absolute Gasteiger partial charge is 0.492 e. The van der Waals surface area contributed by atoms with E-state index >= 15 is 0 Å². The average molecular weight is 349 g/mol. The topological polar surface area (TPSA) is 41.6 Å². The maximum Gasteiger partial charge on any atom is 0.255 e. The molecule has 24 heavy (non-hydrogen) atoms. The molecule has 1 atom stereocenters. The summed E-state index contributed by atoms with van der Waals surface area (Å²) in [5.74, 6) is 1.33. The predicted octanol–water partition coefficient (Wildman–Crippen LogP) is 3.27. The maximum atomic E-state index is 12.9. The van der Waals surface area contributed by atoms with Crippen molar-refractivity contribution in [3.05, 3.63) is 28.3 Å². The minimum absolute atomic E-state index is 0.0342. The molecular weight excluding hydrogens is 324 g/mol. The summed E-state index contributed by atoms with van der Waals surface area (Å²) in [5, 5.41) is 3.88. The molecule has 1 unspecified atom stereocenters. The highest BCUT2D eigenvalue weighted by molar-refractivity contribution is 6.31. The summed E-state index contributed by atoms with van der Waals surface area (Å²) in [6, 6.07) is 3.97. The van der Waals surface area contributed by atoms with Crippen LogP contribution in [0.2, 0.25) is 5.02 Å². The van der Waals surface area contributed by atoms with Gasteiger partial charge in [0.1, 0.15) is 5.75 Å². The van der Waals surface area contributed by atoms with Crippen molar-refractivity contribution in [3.8, 4) is 5.75 Å². The van der Waals surface area contributed by atoms with Crippen molar-refractivity contribution in [1.82, 2.24) is 10.2 Å². The van der Waals surface area contributed by atoms with E-state index in [9.17, 15) is 4.79 Å². The number of benzene rings is 1. The van der Waals surface area contributed by atoms with Crippen molar-refractivity contribution in [2.45, 2.75) is 44.6 Å². The Balaban J connectivity index is 1.57. The molecule has 3 fully saturated rings. The minimum Gasteiger partial charge on any atom is -0.492 e. The Bertz CT molecular complexity index is 626. The van der Waals surface area contributed by atoms with Gasteiger partial charge < -0.3 is 15.0 Å². The van der Waals surface area contributed by atoms with E-state index in [0.717, 1.165) is 43.5 Å². The number of nitrogens with zero attached hydrogens (tertiary/aromatic N) is 1. The Labute approximate surface area is 148 Å². The Hall–Kier alpha value is -1.26. The molecule has 3 saturated heterocycles. The Morgan fingerprint density at radius 1 is 1.21 bits per heavy atom. The van der Waals surface area contributed by atoms with Gasteiger partial charge in [0.05, 0.1) is 12.2 Å². The Morgan fingerprint density at radius 2 is 2.04 bits per heavy atom. The maximum absolute atomic E-state index is 12.9. The van der Waals surface area contributed by atoms with Gasteiger partial charge in [0.2, 0.25) is 0 Å². The van der Waals surface area contributed by atoms with Gasteiger partial charge in [0, 0.05) is 17.6 Å². The zero-order valence-electron chi connectivity index (χ0n) is 14.0. The molecule has 4 aliphatic heterocycles. The van der Waals surface area contributed by atoms with Crippen LogP contribution in [0.3, 0.4) is 0 Å². The van der Waals surface area contributed by atoms with Crippen molar-refractivity contribution >= 4 is 17.5 Å². The molecule has 0 aromatic heterocycles. The fourth-order valence-corrected chi connectivity index (χ4v) is 4.56. The minimum atomic E-state index is -0.0342. The second kappa shape index (κ2) is 6.93. The summed E-state index contributed by atoms with van der Waals surface area (Å²) in [5.41, 5.74) is 1.68. The van der Waals surface area contributed by atoms with Crippen LogP contribution in [0.5, 0.6) is 5.75 Å². The molecule has 0 spiro atoms. The van der Waals surface area contributed by atoms with E-state index < -0.39 is 0 Å². The number of amides is 1. The first kappa shape index (κ1) is 16.2. The van der Waals surface area contributed by atoms with Crippen LogP contribution < -0.4 is 10.1 Å². The third-order valence-electron chi connectivity index (χ3n) is 5.68. The van der Waals surface area contributed by atoms with Crippen molar-refractivity contribution < 1.29 is 9.53 Å². The number of aryl methyl sites for hydroxylation is 1. The zero-order valence-corrected chi connectivity index (χ0v) is 14.8. The average Bonchev–Trinajstić information content (AvgIpc) is 2.57. The van der Waals surface area contributed by atoms with Crippen LogP contribution in [-0.4, -0.2) is 43.1 Å². The normalized spacial score (nSPS) is 29.1. The van der Waals surface area contributed by atoms with Gasteiger partial charge in [-0.3, -0.25) is 4.79 Å². The van der Waals surface area contributed by atoms with Gasteiger partial charge in [0.25, 0.3) is 5.91 Å². The number of carbonyl (C=O) groups is 1. The molecule has 4 heterocycles. The smallest absolute Gasteiger partial charge is 0.255 e. The molecule has 1 N–H and O–H groups in total. The lowest BCUT2D eigenvalue weighted by Crippen LogP contribution is -2.57. The number of hydrogen-bond acceptors (Lipinski definition) is 3. The van der Waals surface area contributed by atoms with Gasteiger partial charge >= 0.3 is 0 Å². The van der Waals surface area contributed by atoms with Gasteiger partial charge in [-0.25, -0.2) is 0 Å². The molecule has 2 bridgehead atoms. The lowest BCUT2D eigenvalue weighted by molar-refractivity contribution is 0.0618. The molecule has 4 nitrogen and oxygen atoms in total. The van der Waals surface area contributed by atoms with E-state index in [2.05, 4.69) is 10.2 Å². The highest BCUT2D eigenvalue weighted by Gasteiger charge is 2.35. The zero-order chi connectivity index (χ0) is 16.5. The molecule has 0 saturated carbocycles. The van der Waals surface area contributed by atoms with Crippen molar-refractivity contribution in [2.75, 3.05) is 26.2 Å². The summed E-state index contributed by atoms with van der Waals surface area (Å²) in [4.78, 5) is 15.4. The lowest BCUT2D eigenvalue weighted by Gasteiger charge is -2.45. The summed E-state index contributed by atoms with van der Waals surface area (Å²) in [6.07, 6.45) is 6.63. The van der Waals surface area contributed by atoms with E-state index in [-0.39, 0.29) is 11.9 Å². The molecule has 0 aliphatic carbocycles. The second-order valence-corrected chi connectivity index (χ2v) is 7.76. The summed E-state index contributed by atoms with van der Waals surface area (Å²) in [6.45, 7) is 3.99. The van der Waals surface area contributed by atoms with Gasteiger partial charge in [-0.2, -0.15) is 0 Å². The molecule has 5 heteroatoms. The number of fused-ring (bicyclic) bond motifs is 4. The molecule has 4 aliphatic rings. The molecule has 0 radical (unpaired) electrons. The van der Waals surface area contributed by atoms with Gasteiger partial charge in [0.15, 0.2) is 0 Å². The standard InChI is InChI=1S/C19H25ClN2O2/c20-15-10-14-4-2-1-3-9-24-18(14)16(11-15)19(23)21-17-12-22-7-5-13(17)6-8-22/h10-11,13,17H,1-9,12H2,(H,21,23). The number of carbonyl (C=O) groups excluding carboxylic acids is 1. The van der Waals surface area contributed by atoms with E-state index in [0.29, 0.717) is 23.1 Å². The highest BCUT2D eigenvalue weighted by Crippen LogP contribution is 2.33. The molecule has 5 rings (SSSR count). The third-order valence-corrected chi connectivity index (χ3v) is 5.90. The first-order valence-electron chi connectivity index (χ1n) is 9.19. The van der Waals surface area contributed by atoms with Gasteiger partial charge in [-0.1, -0.05) is 11.6 Å². The first-order chi connectivity index (χ1) is 11.7. The Morgan fingerprint density at radius 3 is 2.79 bits per heavy atom. The lowest BCUT2D eigenvalue weighted by atomic mass is 9.84. The molecule has 130 valence electrons. The fourth-order valence-electron chi connectivity index (χ4n) is 4.32. The van der Waals surface area contributed by atoms with Crippen LogP contribution in [0.25, 0.3) is 0 Å². The number of rotatable bonds is 2. The first-order valence-corrected chi connectivity index (χ1v) is 9.57. The SMILES string of the molecule is O=C(NC1CN2CCC1CC2)c1cc(Cl)cc2c1OCCCCC2. The van der Waals surface area contributed by atoms with Crippen LogP contribution in [0.15, 0.2) is 12.1 Å². The van der Waals surface area contributed by atoms with Crippen LogP contribution in [0.1, 0.15) is 48.0 Å². The number of piperidine rings is 3. The number of halogens is 1. The van der Waals surface area contributed by atoms with Crippen LogP contribution in [0.4, 0.5) is 0 Å². The molecule has 1 amide bonds. The molecular formula is C19H25ClN2O2.